The van der Waals surface area contributed by atoms with Gasteiger partial charge in [-0.2, -0.15) is 0 Å². The van der Waals surface area contributed by atoms with Crippen molar-refractivity contribution in [1.82, 2.24) is 4.98 Å². The summed E-state index contributed by atoms with van der Waals surface area (Å²) in [7, 11) is 0. The summed E-state index contributed by atoms with van der Waals surface area (Å²) < 4.78 is 0. The highest BCUT2D eigenvalue weighted by Crippen LogP contribution is 2.21. The van der Waals surface area contributed by atoms with Gasteiger partial charge in [-0.05, 0) is 31.5 Å². The summed E-state index contributed by atoms with van der Waals surface area (Å²) in [6, 6.07) is 5.26. The van der Waals surface area contributed by atoms with Crippen LogP contribution in [0, 0.1) is 13.8 Å². The van der Waals surface area contributed by atoms with Gasteiger partial charge in [0.15, 0.2) is 0 Å². The summed E-state index contributed by atoms with van der Waals surface area (Å²) in [5, 5.41) is 3.30. The third kappa shape index (κ3) is 2.63. The van der Waals surface area contributed by atoms with E-state index in [4.69, 9.17) is 11.6 Å². The largest absolute Gasteiger partial charge is 0.321 e. The molecule has 2 rings (SSSR count). The molecule has 0 saturated carbocycles. The predicted molar refractivity (Wildman–Crippen MR) is 73.8 cm³/mol. The molecule has 0 aliphatic carbocycles. The first-order chi connectivity index (χ1) is 8.47. The van der Waals surface area contributed by atoms with Gasteiger partial charge in [-0.25, -0.2) is 0 Å². The Labute approximate surface area is 113 Å². The molecule has 0 saturated heterocycles. The number of hydrogen-bond acceptors (Lipinski definition) is 3. The van der Waals surface area contributed by atoms with Crippen LogP contribution in [0.1, 0.15) is 20.9 Å². The van der Waals surface area contributed by atoms with E-state index in [9.17, 15) is 9.59 Å². The summed E-state index contributed by atoms with van der Waals surface area (Å²) in [4.78, 5) is 25.9. The van der Waals surface area contributed by atoms with Gasteiger partial charge in [-0.15, -0.1) is 0 Å². The average molecular weight is 283 g/mol. The number of aromatic amines is 1. The Morgan fingerprint density at radius 1 is 1.39 bits per heavy atom. The zero-order chi connectivity index (χ0) is 13.3. The van der Waals surface area contributed by atoms with Gasteiger partial charge in [0.2, 0.25) is 0 Å². The van der Waals surface area contributed by atoms with E-state index >= 15 is 0 Å². The molecule has 0 fully saturated rings. The van der Waals surface area contributed by atoms with Crippen molar-refractivity contribution in [2.75, 3.05) is 5.32 Å². The molecule has 0 radical (unpaired) electrons. The van der Waals surface area contributed by atoms with Gasteiger partial charge in [-0.1, -0.05) is 29.0 Å². The first kappa shape index (κ1) is 12.9. The highest BCUT2D eigenvalue weighted by molar-refractivity contribution is 7.11. The van der Waals surface area contributed by atoms with Gasteiger partial charge < -0.3 is 10.3 Å². The number of aryl methyl sites for hydroxylation is 2. The van der Waals surface area contributed by atoms with Gasteiger partial charge in [0.05, 0.1) is 0 Å². The highest BCUT2D eigenvalue weighted by atomic mass is 35.5. The summed E-state index contributed by atoms with van der Waals surface area (Å²) in [6.45, 7) is 3.57. The van der Waals surface area contributed by atoms with Crippen molar-refractivity contribution < 1.29 is 4.79 Å². The number of H-pyrrole nitrogens is 1. The maximum absolute atomic E-state index is 12.0. The number of aromatic nitrogens is 1. The van der Waals surface area contributed by atoms with Crippen molar-refractivity contribution in [2.24, 2.45) is 0 Å². The molecule has 4 nitrogen and oxygen atoms in total. The molecule has 0 unspecified atom stereocenters. The van der Waals surface area contributed by atoms with Crippen LogP contribution >= 0.6 is 22.9 Å². The van der Waals surface area contributed by atoms with Crippen LogP contribution in [0.3, 0.4) is 0 Å². The van der Waals surface area contributed by atoms with Crippen LogP contribution < -0.4 is 10.2 Å². The lowest BCUT2D eigenvalue weighted by Crippen LogP contribution is -2.12. The standard InChI is InChI=1S/C12H11ClN2O2S/c1-6-3-4-8(13)5-9(6)15-11(16)10-7(2)14-12(17)18-10/h3-5H,1-2H3,(H,14,17)(H,15,16). The van der Waals surface area contributed by atoms with Crippen LogP contribution in [0.2, 0.25) is 5.02 Å². The number of amides is 1. The van der Waals surface area contributed by atoms with E-state index in [1.165, 1.54) is 0 Å². The Morgan fingerprint density at radius 3 is 2.72 bits per heavy atom. The molecule has 0 atom stereocenters. The van der Waals surface area contributed by atoms with Crippen LogP contribution in [0.4, 0.5) is 5.69 Å². The molecule has 0 aliphatic rings. The summed E-state index contributed by atoms with van der Waals surface area (Å²) in [5.74, 6) is -0.304. The second kappa shape index (κ2) is 4.96. The molecule has 0 bridgehead atoms. The van der Waals surface area contributed by atoms with Crippen molar-refractivity contribution in [3.8, 4) is 0 Å². The van der Waals surface area contributed by atoms with E-state index < -0.39 is 0 Å². The number of rotatable bonds is 2. The number of anilines is 1. The fourth-order valence-electron chi connectivity index (χ4n) is 1.53. The Morgan fingerprint density at radius 2 is 2.11 bits per heavy atom. The lowest BCUT2D eigenvalue weighted by molar-refractivity contribution is 0.102. The molecule has 6 heteroatoms. The molecule has 1 amide bonds. The van der Waals surface area contributed by atoms with E-state index in [1.807, 2.05) is 13.0 Å². The first-order valence-corrected chi connectivity index (χ1v) is 6.44. The van der Waals surface area contributed by atoms with Crippen molar-refractivity contribution in [3.05, 3.63) is 49.0 Å². The van der Waals surface area contributed by atoms with Crippen molar-refractivity contribution in [3.63, 3.8) is 0 Å². The molecular formula is C12H11ClN2O2S. The normalized spacial score (nSPS) is 10.4. The van der Waals surface area contributed by atoms with Crippen molar-refractivity contribution in [2.45, 2.75) is 13.8 Å². The van der Waals surface area contributed by atoms with Gasteiger partial charge in [0.1, 0.15) is 4.88 Å². The van der Waals surface area contributed by atoms with Crippen LogP contribution in [-0.4, -0.2) is 10.9 Å². The molecule has 1 aromatic carbocycles. The number of carbonyl (C=O) groups excluding carboxylic acids is 1. The molecule has 0 aliphatic heterocycles. The Balaban J connectivity index is 2.29. The minimum absolute atomic E-state index is 0.236. The van der Waals surface area contributed by atoms with Crippen molar-refractivity contribution in [1.29, 1.82) is 0 Å². The van der Waals surface area contributed by atoms with Crippen LogP contribution in [0.5, 0.6) is 0 Å². The minimum atomic E-state index is -0.304. The fraction of sp³-hybridized carbons (Fsp3) is 0.167. The third-order valence-corrected chi connectivity index (χ3v) is 3.70. The van der Waals surface area contributed by atoms with Gasteiger partial charge >= 0.3 is 4.87 Å². The predicted octanol–water partition coefficient (Wildman–Crippen LogP) is 2.96. The highest BCUT2D eigenvalue weighted by Gasteiger charge is 2.14. The quantitative estimate of drug-likeness (QED) is 0.889. The molecule has 0 spiro atoms. The molecule has 2 aromatic rings. The Bertz CT molecular complexity index is 660. The molecule has 2 N–H and O–H groups in total. The molecule has 1 aromatic heterocycles. The van der Waals surface area contributed by atoms with Crippen LogP contribution in [0.15, 0.2) is 23.0 Å². The Hall–Kier alpha value is -1.59. The topological polar surface area (TPSA) is 62.0 Å². The molecule has 1 heterocycles. The SMILES string of the molecule is Cc1ccc(Cl)cc1NC(=O)c1sc(=O)[nH]c1C. The minimum Gasteiger partial charge on any atom is -0.321 e. The van der Waals surface area contributed by atoms with Gasteiger partial charge in [-0.3, -0.25) is 9.59 Å². The van der Waals surface area contributed by atoms with E-state index in [0.29, 0.717) is 21.3 Å². The van der Waals surface area contributed by atoms with Gasteiger partial charge in [0.25, 0.3) is 5.91 Å². The van der Waals surface area contributed by atoms with E-state index in [-0.39, 0.29) is 10.8 Å². The third-order valence-electron chi connectivity index (χ3n) is 2.48. The summed E-state index contributed by atoms with van der Waals surface area (Å²) >= 11 is 6.77. The van der Waals surface area contributed by atoms with E-state index in [1.54, 1.807) is 19.1 Å². The number of carbonyl (C=O) groups is 1. The monoisotopic (exact) mass is 282 g/mol. The summed E-state index contributed by atoms with van der Waals surface area (Å²) in [5.41, 5.74) is 2.13. The number of benzene rings is 1. The van der Waals surface area contributed by atoms with Crippen LogP contribution in [0.25, 0.3) is 0 Å². The van der Waals surface area contributed by atoms with E-state index in [2.05, 4.69) is 10.3 Å². The van der Waals surface area contributed by atoms with E-state index in [0.717, 1.165) is 16.9 Å². The average Bonchev–Trinajstić information content (AvgIpc) is 2.63. The lowest BCUT2D eigenvalue weighted by Gasteiger charge is -2.07. The number of nitrogens with one attached hydrogen (secondary N) is 2. The maximum atomic E-state index is 12.0. The smallest absolute Gasteiger partial charge is 0.305 e. The van der Waals surface area contributed by atoms with Gasteiger partial charge in [0, 0.05) is 16.4 Å². The zero-order valence-electron chi connectivity index (χ0n) is 9.83. The second-order valence-corrected chi connectivity index (χ2v) is 5.30. The maximum Gasteiger partial charge on any atom is 0.305 e. The molecule has 94 valence electrons. The fourth-order valence-corrected chi connectivity index (χ4v) is 2.44. The first-order valence-electron chi connectivity index (χ1n) is 5.24. The zero-order valence-corrected chi connectivity index (χ0v) is 11.4. The summed E-state index contributed by atoms with van der Waals surface area (Å²) in [6.07, 6.45) is 0. The number of halogens is 1. The Kier molecular flexibility index (Phi) is 3.54. The number of hydrogen-bond donors (Lipinski definition) is 2. The van der Waals surface area contributed by atoms with Crippen LogP contribution in [-0.2, 0) is 0 Å². The molecule has 18 heavy (non-hydrogen) atoms. The lowest BCUT2D eigenvalue weighted by atomic mass is 10.2. The second-order valence-electron chi connectivity index (χ2n) is 3.88. The van der Waals surface area contributed by atoms with Crippen molar-refractivity contribution >= 4 is 34.5 Å². The number of thiazole rings is 1. The molecular weight excluding hydrogens is 272 g/mol.